The molecule has 0 saturated heterocycles. The highest BCUT2D eigenvalue weighted by atomic mass is 32.2. The normalized spacial score (nSPS) is 21.6. The van der Waals surface area contributed by atoms with E-state index in [1.54, 1.807) is 12.1 Å². The highest BCUT2D eigenvalue weighted by Crippen LogP contribution is 2.32. The Kier molecular flexibility index (Phi) is 4.78. The predicted molar refractivity (Wildman–Crippen MR) is 86.1 cm³/mol. The van der Waals surface area contributed by atoms with Gasteiger partial charge in [-0.2, -0.15) is 11.8 Å². The Labute approximate surface area is 134 Å². The number of thioether (sulfide) groups is 1. The molecule has 0 N–H and O–H groups in total. The lowest BCUT2D eigenvalue weighted by Gasteiger charge is -2.27. The molecule has 1 aliphatic carbocycles. The number of halogens is 1. The molecule has 0 radical (unpaired) electrons. The van der Waals surface area contributed by atoms with Crippen LogP contribution in [-0.2, 0) is 6.54 Å². The summed E-state index contributed by atoms with van der Waals surface area (Å²) in [4.78, 5) is 2.30. The second-order valence-corrected chi connectivity index (χ2v) is 6.77. The molecule has 22 heavy (non-hydrogen) atoms. The van der Waals surface area contributed by atoms with Crippen LogP contribution in [-0.4, -0.2) is 39.7 Å². The number of nitrogens with zero attached hydrogens (tertiary/aromatic N) is 3. The maximum atomic E-state index is 12.9. The fourth-order valence-electron chi connectivity index (χ4n) is 3.04. The van der Waals surface area contributed by atoms with Crippen molar-refractivity contribution >= 4 is 11.8 Å². The molecule has 1 aromatic carbocycles. The Hall–Kier alpha value is -1.40. The van der Waals surface area contributed by atoms with Gasteiger partial charge in [0, 0.05) is 16.9 Å². The van der Waals surface area contributed by atoms with Gasteiger partial charge in [-0.3, -0.25) is 4.90 Å². The summed E-state index contributed by atoms with van der Waals surface area (Å²) in [6.45, 7) is 0.649. The lowest BCUT2D eigenvalue weighted by Crippen LogP contribution is -2.35. The Bertz CT molecular complexity index is 616. The maximum absolute atomic E-state index is 12.9. The van der Waals surface area contributed by atoms with E-state index >= 15 is 0 Å². The molecule has 2 aromatic rings. The molecule has 3 rings (SSSR count). The molecule has 4 nitrogen and oxygen atoms in total. The SMILES string of the molecule is CSC1CCCC1N(C)Cc1nnc(-c2ccc(F)cc2)o1. The molecule has 2 atom stereocenters. The van der Waals surface area contributed by atoms with Crippen LogP contribution in [0.5, 0.6) is 0 Å². The van der Waals surface area contributed by atoms with E-state index < -0.39 is 0 Å². The van der Waals surface area contributed by atoms with Crippen LogP contribution in [0.4, 0.5) is 4.39 Å². The van der Waals surface area contributed by atoms with Gasteiger partial charge >= 0.3 is 0 Å². The summed E-state index contributed by atoms with van der Waals surface area (Å²) in [5, 5.41) is 8.87. The summed E-state index contributed by atoms with van der Waals surface area (Å²) in [5.41, 5.74) is 0.741. The van der Waals surface area contributed by atoms with Gasteiger partial charge in [-0.15, -0.1) is 10.2 Å². The first kappa shape index (κ1) is 15.5. The first-order valence-electron chi connectivity index (χ1n) is 7.48. The third kappa shape index (κ3) is 3.33. The molecule has 0 bridgehead atoms. The van der Waals surface area contributed by atoms with Crippen molar-refractivity contribution in [1.82, 2.24) is 15.1 Å². The third-order valence-corrected chi connectivity index (χ3v) is 5.38. The lowest BCUT2D eigenvalue weighted by molar-refractivity contribution is 0.219. The maximum Gasteiger partial charge on any atom is 0.247 e. The number of benzene rings is 1. The van der Waals surface area contributed by atoms with E-state index in [-0.39, 0.29) is 5.82 Å². The highest BCUT2D eigenvalue weighted by molar-refractivity contribution is 7.99. The van der Waals surface area contributed by atoms with Crippen LogP contribution >= 0.6 is 11.8 Å². The standard InChI is InChI=1S/C16H20FN3OS/c1-20(13-4-3-5-14(13)22-2)10-15-18-19-16(21-15)11-6-8-12(17)9-7-11/h6-9,13-14H,3-5,10H2,1-2H3. The van der Waals surface area contributed by atoms with Crippen molar-refractivity contribution in [3.63, 3.8) is 0 Å². The number of rotatable bonds is 5. The zero-order chi connectivity index (χ0) is 15.5. The second kappa shape index (κ2) is 6.79. The first-order valence-corrected chi connectivity index (χ1v) is 8.77. The van der Waals surface area contributed by atoms with Gasteiger partial charge in [0.25, 0.3) is 0 Å². The van der Waals surface area contributed by atoms with Crippen molar-refractivity contribution in [1.29, 1.82) is 0 Å². The van der Waals surface area contributed by atoms with Crippen molar-refractivity contribution in [2.75, 3.05) is 13.3 Å². The molecule has 1 saturated carbocycles. The monoisotopic (exact) mass is 321 g/mol. The molecular formula is C16H20FN3OS. The second-order valence-electron chi connectivity index (χ2n) is 5.70. The zero-order valence-corrected chi connectivity index (χ0v) is 13.6. The quantitative estimate of drug-likeness (QED) is 0.842. The van der Waals surface area contributed by atoms with Crippen molar-refractivity contribution in [2.24, 2.45) is 0 Å². The van der Waals surface area contributed by atoms with Gasteiger partial charge in [-0.05, 0) is 50.4 Å². The molecule has 0 amide bonds. The summed E-state index contributed by atoms with van der Waals surface area (Å²) >= 11 is 1.94. The van der Waals surface area contributed by atoms with Crippen LogP contribution in [0.25, 0.3) is 11.5 Å². The summed E-state index contributed by atoms with van der Waals surface area (Å²) in [6, 6.07) is 6.66. The van der Waals surface area contributed by atoms with Gasteiger partial charge in [0.2, 0.25) is 11.8 Å². The molecule has 0 aliphatic heterocycles. The van der Waals surface area contributed by atoms with E-state index in [0.29, 0.717) is 29.6 Å². The molecule has 1 fully saturated rings. The average molecular weight is 321 g/mol. The molecule has 1 aliphatic rings. The highest BCUT2D eigenvalue weighted by Gasteiger charge is 2.30. The Morgan fingerprint density at radius 1 is 1.27 bits per heavy atom. The Morgan fingerprint density at radius 3 is 2.77 bits per heavy atom. The van der Waals surface area contributed by atoms with Crippen molar-refractivity contribution in [3.05, 3.63) is 36.0 Å². The third-order valence-electron chi connectivity index (χ3n) is 4.23. The van der Waals surface area contributed by atoms with Crippen LogP contribution in [0.2, 0.25) is 0 Å². The van der Waals surface area contributed by atoms with Gasteiger partial charge in [-0.25, -0.2) is 4.39 Å². The summed E-state index contributed by atoms with van der Waals surface area (Å²) in [7, 11) is 2.11. The minimum absolute atomic E-state index is 0.271. The summed E-state index contributed by atoms with van der Waals surface area (Å²) in [6.07, 6.45) is 5.96. The van der Waals surface area contributed by atoms with Crippen LogP contribution in [0.15, 0.2) is 28.7 Å². The molecule has 1 aromatic heterocycles. The minimum atomic E-state index is -0.271. The van der Waals surface area contributed by atoms with E-state index in [1.165, 1.54) is 31.4 Å². The Morgan fingerprint density at radius 2 is 2.05 bits per heavy atom. The van der Waals surface area contributed by atoms with Gasteiger partial charge in [0.15, 0.2) is 0 Å². The van der Waals surface area contributed by atoms with Crippen molar-refractivity contribution < 1.29 is 8.81 Å². The van der Waals surface area contributed by atoms with E-state index in [0.717, 1.165) is 5.56 Å². The predicted octanol–water partition coefficient (Wildman–Crippen LogP) is 3.59. The summed E-state index contributed by atoms with van der Waals surface area (Å²) < 4.78 is 18.7. The lowest BCUT2D eigenvalue weighted by atomic mass is 10.2. The zero-order valence-electron chi connectivity index (χ0n) is 12.8. The first-order chi connectivity index (χ1) is 10.7. The van der Waals surface area contributed by atoms with E-state index in [4.69, 9.17) is 4.42 Å². The molecule has 2 unspecified atom stereocenters. The smallest absolute Gasteiger partial charge is 0.247 e. The van der Waals surface area contributed by atoms with E-state index in [9.17, 15) is 4.39 Å². The number of aromatic nitrogens is 2. The molecule has 0 spiro atoms. The van der Waals surface area contributed by atoms with Crippen molar-refractivity contribution in [3.8, 4) is 11.5 Å². The van der Waals surface area contributed by atoms with Gasteiger partial charge in [0.05, 0.1) is 6.54 Å². The van der Waals surface area contributed by atoms with Crippen LogP contribution in [0.3, 0.4) is 0 Å². The van der Waals surface area contributed by atoms with Crippen LogP contribution in [0, 0.1) is 5.82 Å². The van der Waals surface area contributed by atoms with Crippen LogP contribution < -0.4 is 0 Å². The topological polar surface area (TPSA) is 42.2 Å². The molecule has 6 heteroatoms. The van der Waals surface area contributed by atoms with E-state index in [1.807, 2.05) is 11.8 Å². The average Bonchev–Trinajstić information content (AvgIpc) is 3.16. The Balaban J connectivity index is 1.67. The number of hydrogen-bond donors (Lipinski definition) is 0. The van der Waals surface area contributed by atoms with Gasteiger partial charge in [0.1, 0.15) is 5.82 Å². The molecule has 118 valence electrons. The molecular weight excluding hydrogens is 301 g/mol. The summed E-state index contributed by atoms with van der Waals surface area (Å²) in [5.74, 6) is 0.775. The largest absolute Gasteiger partial charge is 0.419 e. The fourth-order valence-corrected chi connectivity index (χ4v) is 4.10. The van der Waals surface area contributed by atoms with Gasteiger partial charge < -0.3 is 4.42 Å². The van der Waals surface area contributed by atoms with Crippen LogP contribution in [0.1, 0.15) is 25.2 Å². The number of hydrogen-bond acceptors (Lipinski definition) is 5. The molecule has 1 heterocycles. The minimum Gasteiger partial charge on any atom is -0.419 e. The van der Waals surface area contributed by atoms with Crippen molar-refractivity contribution in [2.45, 2.75) is 37.1 Å². The van der Waals surface area contributed by atoms with E-state index in [2.05, 4.69) is 28.4 Å². The van der Waals surface area contributed by atoms with Gasteiger partial charge in [-0.1, -0.05) is 6.42 Å². The fraction of sp³-hybridized carbons (Fsp3) is 0.500.